The van der Waals surface area contributed by atoms with Crippen LogP contribution in [0.25, 0.3) is 11.3 Å². The Morgan fingerprint density at radius 3 is 2.81 bits per heavy atom. The van der Waals surface area contributed by atoms with Crippen molar-refractivity contribution in [1.82, 2.24) is 5.16 Å². The van der Waals surface area contributed by atoms with Gasteiger partial charge in [-0.25, -0.2) is 4.39 Å². The molecule has 1 amide bonds. The molecule has 0 radical (unpaired) electrons. The van der Waals surface area contributed by atoms with Crippen molar-refractivity contribution in [2.45, 2.75) is 32.6 Å². The van der Waals surface area contributed by atoms with Crippen molar-refractivity contribution >= 4 is 23.2 Å². The van der Waals surface area contributed by atoms with Crippen LogP contribution in [-0.2, 0) is 12.8 Å². The molecule has 27 heavy (non-hydrogen) atoms. The molecule has 1 heterocycles. The van der Waals surface area contributed by atoms with E-state index < -0.39 is 0 Å². The summed E-state index contributed by atoms with van der Waals surface area (Å²) in [6.45, 7) is 1.62. The van der Waals surface area contributed by atoms with Gasteiger partial charge >= 0.3 is 0 Å². The van der Waals surface area contributed by atoms with E-state index in [2.05, 4.69) is 10.5 Å². The van der Waals surface area contributed by atoms with Gasteiger partial charge in [0, 0.05) is 16.7 Å². The van der Waals surface area contributed by atoms with E-state index in [0.29, 0.717) is 21.8 Å². The van der Waals surface area contributed by atoms with E-state index in [4.69, 9.17) is 16.1 Å². The van der Waals surface area contributed by atoms with Crippen molar-refractivity contribution in [1.29, 1.82) is 0 Å². The largest absolute Gasteiger partial charge is 0.356 e. The summed E-state index contributed by atoms with van der Waals surface area (Å²) in [7, 11) is 0. The lowest BCUT2D eigenvalue weighted by Gasteiger charge is -2.11. The zero-order chi connectivity index (χ0) is 19.0. The number of halogens is 2. The molecule has 6 heteroatoms. The van der Waals surface area contributed by atoms with Crippen LogP contribution in [0.2, 0.25) is 5.02 Å². The monoisotopic (exact) mass is 384 g/mol. The summed E-state index contributed by atoms with van der Waals surface area (Å²) < 4.78 is 19.0. The number of benzene rings is 2. The van der Waals surface area contributed by atoms with Gasteiger partial charge in [0.25, 0.3) is 5.91 Å². The molecule has 0 unspecified atom stereocenters. The molecular weight excluding hydrogens is 367 g/mol. The minimum absolute atomic E-state index is 0.346. The Balaban J connectivity index is 1.64. The van der Waals surface area contributed by atoms with Gasteiger partial charge in [-0.2, -0.15) is 0 Å². The molecule has 0 spiro atoms. The number of aromatic nitrogens is 1. The molecule has 0 fully saturated rings. The fourth-order valence-corrected chi connectivity index (χ4v) is 3.53. The second kappa shape index (κ2) is 7.16. The van der Waals surface area contributed by atoms with Crippen molar-refractivity contribution in [3.05, 3.63) is 69.6 Å². The van der Waals surface area contributed by atoms with Gasteiger partial charge in [0.15, 0.2) is 5.76 Å². The fraction of sp³-hybridized carbons (Fsp3) is 0.238. The summed E-state index contributed by atoms with van der Waals surface area (Å²) in [5, 5.41) is 7.40. The minimum atomic E-state index is -0.350. The molecule has 1 aromatic heterocycles. The van der Waals surface area contributed by atoms with E-state index in [1.807, 2.05) is 6.07 Å². The minimum Gasteiger partial charge on any atom is -0.356 e. The third-order valence-corrected chi connectivity index (χ3v) is 5.19. The van der Waals surface area contributed by atoms with Crippen molar-refractivity contribution in [3.8, 4) is 11.3 Å². The van der Waals surface area contributed by atoms with E-state index in [0.717, 1.165) is 48.3 Å². The second-order valence-corrected chi connectivity index (χ2v) is 7.16. The Morgan fingerprint density at radius 1 is 1.19 bits per heavy atom. The van der Waals surface area contributed by atoms with Crippen LogP contribution in [0.5, 0.6) is 0 Å². The van der Waals surface area contributed by atoms with Crippen LogP contribution in [0.15, 0.2) is 40.9 Å². The van der Waals surface area contributed by atoms with Gasteiger partial charge < -0.3 is 9.84 Å². The Morgan fingerprint density at radius 2 is 2.00 bits per heavy atom. The number of rotatable bonds is 3. The van der Waals surface area contributed by atoms with Crippen LogP contribution in [-0.4, -0.2) is 11.1 Å². The number of hydrogen-bond donors (Lipinski definition) is 1. The smallest absolute Gasteiger partial charge is 0.255 e. The number of carbonyl (C=O) groups is 1. The normalized spacial score (nSPS) is 13.3. The first-order valence-electron chi connectivity index (χ1n) is 8.88. The number of fused-ring (bicyclic) bond motifs is 1. The van der Waals surface area contributed by atoms with Crippen LogP contribution < -0.4 is 5.32 Å². The predicted molar refractivity (Wildman–Crippen MR) is 103 cm³/mol. The van der Waals surface area contributed by atoms with E-state index >= 15 is 0 Å². The molecular formula is C21H18ClFN2O2. The first kappa shape index (κ1) is 17.7. The van der Waals surface area contributed by atoms with Crippen LogP contribution >= 0.6 is 11.6 Å². The molecule has 0 bridgehead atoms. The van der Waals surface area contributed by atoms with E-state index in [-0.39, 0.29) is 11.7 Å². The average molecular weight is 385 g/mol. The SMILES string of the molecule is Cc1cc(C(=O)Nc2cc(-c3onc4c3CCCC4)ccc2Cl)ccc1F. The zero-order valence-electron chi connectivity index (χ0n) is 14.8. The molecule has 3 aromatic rings. The molecule has 4 nitrogen and oxygen atoms in total. The summed E-state index contributed by atoms with van der Waals surface area (Å²) in [6.07, 6.45) is 4.10. The van der Waals surface area contributed by atoms with Gasteiger partial charge in [0.05, 0.1) is 16.4 Å². The number of amides is 1. The highest BCUT2D eigenvalue weighted by atomic mass is 35.5. The Kier molecular flexibility index (Phi) is 4.70. The highest BCUT2D eigenvalue weighted by Gasteiger charge is 2.21. The maximum absolute atomic E-state index is 13.4. The van der Waals surface area contributed by atoms with E-state index in [1.54, 1.807) is 19.1 Å². The predicted octanol–water partition coefficient (Wildman–Crippen LogP) is 5.57. The van der Waals surface area contributed by atoms with Gasteiger partial charge in [-0.15, -0.1) is 0 Å². The Labute approximate surface area is 161 Å². The van der Waals surface area contributed by atoms with Crippen LogP contribution in [0.1, 0.15) is 40.0 Å². The van der Waals surface area contributed by atoms with Gasteiger partial charge in [-0.05, 0) is 74.6 Å². The molecule has 0 saturated heterocycles. The van der Waals surface area contributed by atoms with Gasteiger partial charge in [0.2, 0.25) is 0 Å². The van der Waals surface area contributed by atoms with Gasteiger partial charge in [-0.1, -0.05) is 16.8 Å². The number of nitrogens with one attached hydrogen (secondary N) is 1. The van der Waals surface area contributed by atoms with Crippen molar-refractivity contribution < 1.29 is 13.7 Å². The Hall–Kier alpha value is -2.66. The number of aryl methyl sites for hydroxylation is 2. The van der Waals surface area contributed by atoms with Gasteiger partial charge in [0.1, 0.15) is 5.82 Å². The first-order valence-corrected chi connectivity index (χ1v) is 9.25. The zero-order valence-corrected chi connectivity index (χ0v) is 15.6. The standard InChI is InChI=1S/C21H18ClFN2O2/c1-12-10-14(7-9-17(12)23)21(26)24-19-11-13(6-8-16(19)22)20-15-4-2-3-5-18(15)25-27-20/h6-11H,2-5H2,1H3,(H,24,26). The lowest BCUT2D eigenvalue weighted by Crippen LogP contribution is -2.12. The van der Waals surface area contributed by atoms with Crippen molar-refractivity contribution in [3.63, 3.8) is 0 Å². The topological polar surface area (TPSA) is 55.1 Å². The quantitative estimate of drug-likeness (QED) is 0.641. The lowest BCUT2D eigenvalue weighted by molar-refractivity contribution is 0.102. The highest BCUT2D eigenvalue weighted by Crippen LogP contribution is 2.35. The second-order valence-electron chi connectivity index (χ2n) is 6.76. The van der Waals surface area contributed by atoms with E-state index in [9.17, 15) is 9.18 Å². The van der Waals surface area contributed by atoms with Crippen LogP contribution in [0.3, 0.4) is 0 Å². The lowest BCUT2D eigenvalue weighted by atomic mass is 9.94. The summed E-state index contributed by atoms with van der Waals surface area (Å²) in [4.78, 5) is 12.5. The van der Waals surface area contributed by atoms with Crippen LogP contribution in [0.4, 0.5) is 10.1 Å². The average Bonchev–Trinajstić information content (AvgIpc) is 3.10. The summed E-state index contributed by atoms with van der Waals surface area (Å²) >= 11 is 6.27. The number of hydrogen-bond acceptors (Lipinski definition) is 3. The molecule has 1 aliphatic rings. The molecule has 1 aliphatic carbocycles. The van der Waals surface area contributed by atoms with Crippen LogP contribution in [0, 0.1) is 12.7 Å². The molecule has 4 rings (SSSR count). The highest BCUT2D eigenvalue weighted by molar-refractivity contribution is 6.34. The molecule has 0 saturated carbocycles. The number of nitrogens with zero attached hydrogens (tertiary/aromatic N) is 1. The maximum Gasteiger partial charge on any atom is 0.255 e. The van der Waals surface area contributed by atoms with Crippen molar-refractivity contribution in [2.24, 2.45) is 0 Å². The summed E-state index contributed by atoms with van der Waals surface area (Å²) in [5.41, 5.74) is 4.22. The van der Waals surface area contributed by atoms with Gasteiger partial charge in [-0.3, -0.25) is 4.79 Å². The van der Waals surface area contributed by atoms with E-state index in [1.165, 1.54) is 18.2 Å². The number of carbonyl (C=O) groups excluding carboxylic acids is 1. The third kappa shape index (κ3) is 3.47. The third-order valence-electron chi connectivity index (χ3n) is 4.86. The molecule has 2 aromatic carbocycles. The molecule has 0 atom stereocenters. The molecule has 138 valence electrons. The fourth-order valence-electron chi connectivity index (χ4n) is 3.36. The first-order chi connectivity index (χ1) is 13.0. The molecule has 0 aliphatic heterocycles. The number of anilines is 1. The summed E-state index contributed by atoms with van der Waals surface area (Å²) in [5.74, 6) is 0.0351. The maximum atomic E-state index is 13.4. The Bertz CT molecular complexity index is 1030. The molecule has 1 N–H and O–H groups in total. The van der Waals surface area contributed by atoms with Crippen molar-refractivity contribution in [2.75, 3.05) is 5.32 Å². The summed E-state index contributed by atoms with van der Waals surface area (Å²) in [6, 6.07) is 9.60.